The first kappa shape index (κ1) is 16.0. The van der Waals surface area contributed by atoms with E-state index >= 15 is 0 Å². The number of aromatic amines is 1. The molecule has 0 spiro atoms. The molecule has 1 aliphatic carbocycles. The molecule has 1 fully saturated rings. The molecule has 0 radical (unpaired) electrons. The number of thioether (sulfide) groups is 1. The van der Waals surface area contributed by atoms with Crippen molar-refractivity contribution >= 4 is 17.7 Å². The van der Waals surface area contributed by atoms with Crippen LogP contribution in [0.4, 0.5) is 0 Å². The van der Waals surface area contributed by atoms with Crippen LogP contribution in [-0.2, 0) is 4.79 Å². The molecule has 2 rings (SSSR count). The van der Waals surface area contributed by atoms with E-state index in [1.807, 2.05) is 6.92 Å². The molecule has 2 atom stereocenters. The Hall–Kier alpha value is -1.34. The number of H-pyrrole nitrogens is 1. The first-order valence-corrected chi connectivity index (χ1v) is 8.30. The van der Waals surface area contributed by atoms with Gasteiger partial charge in [-0.25, -0.2) is 4.98 Å². The highest BCUT2D eigenvalue weighted by atomic mass is 32.2. The van der Waals surface area contributed by atoms with E-state index in [1.165, 1.54) is 24.0 Å². The van der Waals surface area contributed by atoms with Crippen LogP contribution in [0, 0.1) is 5.92 Å². The third kappa shape index (κ3) is 3.65. The lowest BCUT2D eigenvalue weighted by atomic mass is 9.84. The molecule has 7 heteroatoms. The van der Waals surface area contributed by atoms with Crippen LogP contribution >= 0.6 is 11.8 Å². The van der Waals surface area contributed by atoms with E-state index in [1.54, 1.807) is 0 Å². The lowest BCUT2D eigenvalue weighted by molar-refractivity contribution is -0.125. The van der Waals surface area contributed by atoms with E-state index in [9.17, 15) is 9.59 Å². The summed E-state index contributed by atoms with van der Waals surface area (Å²) in [6.07, 6.45) is 5.22. The van der Waals surface area contributed by atoms with Gasteiger partial charge in [0, 0.05) is 18.0 Å². The van der Waals surface area contributed by atoms with Gasteiger partial charge >= 0.3 is 0 Å². The minimum atomic E-state index is -0.563. The maximum atomic E-state index is 11.9. The van der Waals surface area contributed by atoms with Gasteiger partial charge in [0.15, 0.2) is 5.16 Å². The Labute approximate surface area is 128 Å². The highest BCUT2D eigenvalue weighted by Gasteiger charge is 2.46. The van der Waals surface area contributed by atoms with E-state index in [-0.39, 0.29) is 17.4 Å². The van der Waals surface area contributed by atoms with Crippen molar-refractivity contribution in [2.75, 3.05) is 12.3 Å². The summed E-state index contributed by atoms with van der Waals surface area (Å²) in [4.78, 5) is 29.9. The van der Waals surface area contributed by atoms with Gasteiger partial charge in [0.05, 0.1) is 0 Å². The molecule has 6 nitrogen and oxygen atoms in total. The van der Waals surface area contributed by atoms with Crippen molar-refractivity contribution in [3.8, 4) is 0 Å². The summed E-state index contributed by atoms with van der Waals surface area (Å²) in [6.45, 7) is 2.73. The lowest BCUT2D eigenvalue weighted by Crippen LogP contribution is -2.57. The molecular formula is C14H22N4O2S. The van der Waals surface area contributed by atoms with E-state index in [4.69, 9.17) is 5.73 Å². The van der Waals surface area contributed by atoms with Gasteiger partial charge in [-0.2, -0.15) is 0 Å². The Kier molecular flexibility index (Phi) is 5.41. The van der Waals surface area contributed by atoms with Gasteiger partial charge in [0.2, 0.25) is 5.91 Å². The van der Waals surface area contributed by atoms with Crippen LogP contribution in [0.15, 0.2) is 22.2 Å². The molecule has 2 unspecified atom stereocenters. The average Bonchev–Trinajstić information content (AvgIpc) is 2.84. The summed E-state index contributed by atoms with van der Waals surface area (Å²) in [5.74, 6) is 0.805. The van der Waals surface area contributed by atoms with Crippen molar-refractivity contribution in [3.05, 3.63) is 22.6 Å². The fraction of sp³-hybridized carbons (Fsp3) is 0.643. The van der Waals surface area contributed by atoms with Crippen LogP contribution in [0.2, 0.25) is 0 Å². The average molecular weight is 310 g/mol. The molecule has 1 amide bonds. The van der Waals surface area contributed by atoms with Gasteiger partial charge in [-0.1, -0.05) is 25.1 Å². The molecule has 1 heterocycles. The van der Waals surface area contributed by atoms with Crippen molar-refractivity contribution < 1.29 is 4.79 Å². The van der Waals surface area contributed by atoms with Crippen molar-refractivity contribution in [1.29, 1.82) is 0 Å². The molecule has 116 valence electrons. The number of aromatic nitrogens is 2. The Morgan fingerprint density at radius 1 is 1.67 bits per heavy atom. The minimum Gasteiger partial charge on any atom is -0.368 e. The Bertz CT molecular complexity index is 548. The van der Waals surface area contributed by atoms with Crippen LogP contribution in [0.5, 0.6) is 0 Å². The van der Waals surface area contributed by atoms with Gasteiger partial charge in [-0.3, -0.25) is 9.59 Å². The first-order valence-electron chi connectivity index (χ1n) is 7.31. The molecule has 1 saturated carbocycles. The van der Waals surface area contributed by atoms with Crippen LogP contribution in [0.1, 0.15) is 32.6 Å². The molecule has 0 saturated heterocycles. The monoisotopic (exact) mass is 310 g/mol. The normalized spacial score (nSPS) is 25.1. The summed E-state index contributed by atoms with van der Waals surface area (Å²) in [6, 6.07) is 1.39. The third-order valence-electron chi connectivity index (χ3n) is 4.11. The summed E-state index contributed by atoms with van der Waals surface area (Å²) in [5.41, 5.74) is 4.94. The molecule has 1 aliphatic rings. The highest BCUT2D eigenvalue weighted by molar-refractivity contribution is 7.99. The number of carbonyl (C=O) groups excluding carboxylic acids is 1. The van der Waals surface area contributed by atoms with Crippen LogP contribution in [-0.4, -0.2) is 33.7 Å². The largest absolute Gasteiger partial charge is 0.368 e. The molecule has 1 aromatic heterocycles. The van der Waals surface area contributed by atoms with E-state index in [2.05, 4.69) is 15.3 Å². The number of nitrogens with zero attached hydrogens (tertiary/aromatic N) is 1. The summed E-state index contributed by atoms with van der Waals surface area (Å²) in [7, 11) is 0. The SMILES string of the molecule is CCNC1(C(N)=O)CCCC1CCSc1nccc(=O)[nH]1. The predicted molar refractivity (Wildman–Crippen MR) is 83.1 cm³/mol. The van der Waals surface area contributed by atoms with Crippen LogP contribution < -0.4 is 16.6 Å². The second-order valence-corrected chi connectivity index (χ2v) is 6.42. The Morgan fingerprint density at radius 2 is 2.48 bits per heavy atom. The standard InChI is InChI=1S/C14H22N4O2S/c1-2-17-14(12(15)20)7-3-4-10(14)6-9-21-13-16-8-5-11(19)18-13/h5,8,10,17H,2-4,6-7,9H2,1H3,(H2,15,20)(H,16,18,19). The van der Waals surface area contributed by atoms with Gasteiger partial charge in [-0.05, 0) is 31.7 Å². The molecular weight excluding hydrogens is 288 g/mol. The molecule has 0 bridgehead atoms. The number of rotatable bonds is 7. The fourth-order valence-electron chi connectivity index (χ4n) is 3.15. The van der Waals surface area contributed by atoms with Gasteiger partial charge in [0.1, 0.15) is 5.54 Å². The van der Waals surface area contributed by atoms with E-state index in [0.717, 1.165) is 38.0 Å². The second kappa shape index (κ2) is 7.09. The van der Waals surface area contributed by atoms with Crippen LogP contribution in [0.3, 0.4) is 0 Å². The highest BCUT2D eigenvalue weighted by Crippen LogP contribution is 2.38. The number of primary amides is 1. The molecule has 4 N–H and O–H groups in total. The Morgan fingerprint density at radius 3 is 3.14 bits per heavy atom. The van der Waals surface area contributed by atoms with Crippen molar-refractivity contribution in [2.45, 2.75) is 43.3 Å². The molecule has 1 aromatic rings. The zero-order valence-electron chi connectivity index (χ0n) is 12.2. The molecule has 0 aromatic carbocycles. The van der Waals surface area contributed by atoms with Gasteiger partial charge < -0.3 is 16.0 Å². The van der Waals surface area contributed by atoms with Gasteiger partial charge in [-0.15, -0.1) is 0 Å². The number of likely N-dealkylation sites (N-methyl/N-ethyl adjacent to an activating group) is 1. The number of nitrogens with one attached hydrogen (secondary N) is 2. The number of hydrogen-bond acceptors (Lipinski definition) is 5. The topological polar surface area (TPSA) is 101 Å². The smallest absolute Gasteiger partial charge is 0.251 e. The quantitative estimate of drug-likeness (QED) is 0.513. The summed E-state index contributed by atoms with van der Waals surface area (Å²) < 4.78 is 0. The lowest BCUT2D eigenvalue weighted by Gasteiger charge is -2.33. The Balaban J connectivity index is 1.95. The van der Waals surface area contributed by atoms with Crippen molar-refractivity contribution in [3.63, 3.8) is 0 Å². The summed E-state index contributed by atoms with van der Waals surface area (Å²) in [5, 5.41) is 3.93. The van der Waals surface area contributed by atoms with Crippen molar-refractivity contribution in [2.24, 2.45) is 11.7 Å². The number of hydrogen-bond donors (Lipinski definition) is 3. The van der Waals surface area contributed by atoms with Gasteiger partial charge in [0.25, 0.3) is 5.56 Å². The number of amides is 1. The first-order chi connectivity index (χ1) is 10.1. The van der Waals surface area contributed by atoms with Crippen molar-refractivity contribution in [1.82, 2.24) is 15.3 Å². The summed E-state index contributed by atoms with van der Waals surface area (Å²) >= 11 is 1.51. The zero-order valence-corrected chi connectivity index (χ0v) is 13.0. The fourth-order valence-corrected chi connectivity index (χ4v) is 4.06. The number of carbonyl (C=O) groups is 1. The second-order valence-electron chi connectivity index (χ2n) is 5.33. The molecule has 21 heavy (non-hydrogen) atoms. The van der Waals surface area contributed by atoms with E-state index < -0.39 is 5.54 Å². The zero-order chi connectivity index (χ0) is 15.3. The predicted octanol–water partition coefficient (Wildman–Crippen LogP) is 0.886. The molecule has 0 aliphatic heterocycles. The number of nitrogens with two attached hydrogens (primary N) is 1. The van der Waals surface area contributed by atoms with E-state index in [0.29, 0.717) is 5.16 Å². The minimum absolute atomic E-state index is 0.146. The van der Waals surface area contributed by atoms with Crippen LogP contribution in [0.25, 0.3) is 0 Å². The third-order valence-corrected chi connectivity index (χ3v) is 5.03. The maximum Gasteiger partial charge on any atom is 0.251 e. The maximum absolute atomic E-state index is 11.9.